The van der Waals surface area contributed by atoms with Crippen LogP contribution in [-0.2, 0) is 4.79 Å². The Kier molecular flexibility index (Phi) is 8.34. The van der Waals surface area contributed by atoms with E-state index in [9.17, 15) is 9.90 Å². The lowest BCUT2D eigenvalue weighted by atomic mass is 10.1. The van der Waals surface area contributed by atoms with Crippen molar-refractivity contribution in [3.8, 4) is 11.5 Å². The van der Waals surface area contributed by atoms with Gasteiger partial charge in [0.1, 0.15) is 11.5 Å². The molecule has 2 aromatic carbocycles. The van der Waals surface area contributed by atoms with E-state index in [2.05, 4.69) is 6.92 Å². The van der Waals surface area contributed by atoms with Crippen LogP contribution in [0, 0.1) is 0 Å². The number of nitrogens with zero attached hydrogens (tertiary/aromatic N) is 1. The Balaban J connectivity index is 1.55. The molecule has 1 heterocycles. The number of rotatable bonds is 10. The van der Waals surface area contributed by atoms with E-state index in [4.69, 9.17) is 17.0 Å². The lowest BCUT2D eigenvalue weighted by molar-refractivity contribution is -0.113. The second-order valence-corrected chi connectivity index (χ2v) is 8.90. The fraction of sp³-hybridized carbons (Fsp3) is 0.333. The molecule has 0 bridgehead atoms. The fourth-order valence-electron chi connectivity index (χ4n) is 3.21. The molecule has 0 aliphatic carbocycles. The molecule has 3 rings (SSSR count). The highest BCUT2D eigenvalue weighted by Gasteiger charge is 2.33. The van der Waals surface area contributed by atoms with Gasteiger partial charge < -0.3 is 9.84 Å². The summed E-state index contributed by atoms with van der Waals surface area (Å²) in [4.78, 5) is 14.8. The molecule has 1 aliphatic heterocycles. The maximum atomic E-state index is 12.8. The minimum Gasteiger partial charge on any atom is -0.508 e. The number of carbonyl (C=O) groups excluding carboxylic acids is 1. The number of amides is 1. The summed E-state index contributed by atoms with van der Waals surface area (Å²) in [6.07, 6.45) is 9.28. The van der Waals surface area contributed by atoms with Gasteiger partial charge in [-0.1, -0.05) is 81.2 Å². The Bertz CT molecular complexity index is 909. The standard InChI is InChI=1S/C24H27NO3S2/c1-2-3-4-5-6-7-15-28-21-13-11-18(12-14-21)16-22-23(27)25(24(29)30-22)19-9-8-10-20(26)17-19/h8-14,16-17,26H,2-7,15H2,1H3/b22-16-. The molecule has 0 saturated carbocycles. The fourth-order valence-corrected chi connectivity index (χ4v) is 4.51. The summed E-state index contributed by atoms with van der Waals surface area (Å²) in [5.41, 5.74) is 1.48. The zero-order chi connectivity index (χ0) is 21.3. The Labute approximate surface area is 187 Å². The molecule has 6 heteroatoms. The highest BCUT2D eigenvalue weighted by atomic mass is 32.2. The predicted molar refractivity (Wildman–Crippen MR) is 129 cm³/mol. The number of thioether (sulfide) groups is 1. The third-order valence-corrected chi connectivity index (χ3v) is 6.13. The largest absolute Gasteiger partial charge is 0.508 e. The average Bonchev–Trinajstić information content (AvgIpc) is 3.01. The molecule has 1 amide bonds. The Morgan fingerprint density at radius 1 is 1.07 bits per heavy atom. The molecular weight excluding hydrogens is 414 g/mol. The number of thiocarbonyl (C=S) groups is 1. The molecule has 1 aliphatic rings. The summed E-state index contributed by atoms with van der Waals surface area (Å²) < 4.78 is 6.27. The summed E-state index contributed by atoms with van der Waals surface area (Å²) in [6.45, 7) is 2.96. The predicted octanol–water partition coefficient (Wildman–Crippen LogP) is 6.54. The third-order valence-electron chi connectivity index (χ3n) is 4.83. The smallest absolute Gasteiger partial charge is 0.270 e. The minimum absolute atomic E-state index is 0.0991. The third kappa shape index (κ3) is 6.09. The molecule has 2 aromatic rings. The van der Waals surface area contributed by atoms with Crippen molar-refractivity contribution in [1.29, 1.82) is 0 Å². The van der Waals surface area contributed by atoms with Gasteiger partial charge in [-0.15, -0.1) is 0 Å². The van der Waals surface area contributed by atoms with Crippen molar-refractivity contribution in [2.45, 2.75) is 45.4 Å². The minimum atomic E-state index is -0.181. The lowest BCUT2D eigenvalue weighted by Gasteiger charge is -2.14. The van der Waals surface area contributed by atoms with E-state index < -0.39 is 0 Å². The molecule has 0 radical (unpaired) electrons. The van der Waals surface area contributed by atoms with E-state index in [1.165, 1.54) is 54.8 Å². The van der Waals surface area contributed by atoms with Gasteiger partial charge in [-0.25, -0.2) is 0 Å². The lowest BCUT2D eigenvalue weighted by Crippen LogP contribution is -2.27. The van der Waals surface area contributed by atoms with Crippen molar-refractivity contribution in [2.24, 2.45) is 0 Å². The van der Waals surface area contributed by atoms with Crippen LogP contribution in [0.25, 0.3) is 6.08 Å². The van der Waals surface area contributed by atoms with Crippen LogP contribution in [0.4, 0.5) is 5.69 Å². The molecule has 1 saturated heterocycles. The van der Waals surface area contributed by atoms with Crippen molar-refractivity contribution in [3.63, 3.8) is 0 Å². The van der Waals surface area contributed by atoms with Crippen LogP contribution in [0.2, 0.25) is 0 Å². The van der Waals surface area contributed by atoms with Crippen LogP contribution >= 0.6 is 24.0 Å². The van der Waals surface area contributed by atoms with Gasteiger partial charge in [-0.3, -0.25) is 9.69 Å². The van der Waals surface area contributed by atoms with E-state index in [-0.39, 0.29) is 11.7 Å². The number of hydrogen-bond donors (Lipinski definition) is 1. The molecule has 158 valence electrons. The molecule has 0 atom stereocenters. The number of phenolic OH excluding ortho intramolecular Hbond substituents is 1. The quantitative estimate of drug-likeness (QED) is 0.258. The molecule has 30 heavy (non-hydrogen) atoms. The molecule has 0 aromatic heterocycles. The van der Waals surface area contributed by atoms with Crippen molar-refractivity contribution < 1.29 is 14.6 Å². The van der Waals surface area contributed by atoms with Gasteiger partial charge in [0.15, 0.2) is 4.32 Å². The van der Waals surface area contributed by atoms with E-state index in [0.717, 1.165) is 24.3 Å². The first kappa shape index (κ1) is 22.4. The summed E-state index contributed by atoms with van der Waals surface area (Å²) in [5, 5.41) is 9.68. The number of anilines is 1. The molecule has 1 fully saturated rings. The second kappa shape index (κ2) is 11.2. The van der Waals surface area contributed by atoms with Crippen LogP contribution in [-0.4, -0.2) is 21.9 Å². The van der Waals surface area contributed by atoms with Crippen LogP contribution in [0.1, 0.15) is 51.0 Å². The molecule has 0 unspecified atom stereocenters. The Morgan fingerprint density at radius 3 is 2.53 bits per heavy atom. The van der Waals surface area contributed by atoms with Crippen LogP contribution < -0.4 is 9.64 Å². The van der Waals surface area contributed by atoms with Gasteiger partial charge >= 0.3 is 0 Å². The second-order valence-electron chi connectivity index (χ2n) is 7.22. The summed E-state index contributed by atoms with van der Waals surface area (Å²) >= 11 is 6.64. The zero-order valence-electron chi connectivity index (χ0n) is 17.2. The Hall–Kier alpha value is -2.31. The van der Waals surface area contributed by atoms with E-state index in [0.29, 0.717) is 14.9 Å². The number of aromatic hydroxyl groups is 1. The molecule has 0 spiro atoms. The topological polar surface area (TPSA) is 49.8 Å². The molecule has 1 N–H and O–H groups in total. The maximum absolute atomic E-state index is 12.8. The maximum Gasteiger partial charge on any atom is 0.270 e. The van der Waals surface area contributed by atoms with Gasteiger partial charge in [0, 0.05) is 6.07 Å². The van der Waals surface area contributed by atoms with E-state index in [1.807, 2.05) is 30.3 Å². The monoisotopic (exact) mass is 441 g/mol. The van der Waals surface area contributed by atoms with Crippen LogP contribution in [0.3, 0.4) is 0 Å². The van der Waals surface area contributed by atoms with E-state index in [1.54, 1.807) is 18.2 Å². The van der Waals surface area contributed by atoms with Gasteiger partial charge in [-0.2, -0.15) is 0 Å². The zero-order valence-corrected chi connectivity index (χ0v) is 18.8. The highest BCUT2D eigenvalue weighted by molar-refractivity contribution is 8.27. The van der Waals surface area contributed by atoms with Crippen molar-refractivity contribution in [3.05, 3.63) is 59.0 Å². The Morgan fingerprint density at radius 2 is 1.80 bits per heavy atom. The van der Waals surface area contributed by atoms with Crippen molar-refractivity contribution in [1.82, 2.24) is 0 Å². The summed E-state index contributed by atoms with van der Waals surface area (Å²) in [7, 11) is 0. The number of benzene rings is 2. The average molecular weight is 442 g/mol. The van der Waals surface area contributed by atoms with Crippen molar-refractivity contribution >= 4 is 46.0 Å². The number of hydrogen-bond acceptors (Lipinski definition) is 5. The highest BCUT2D eigenvalue weighted by Crippen LogP contribution is 2.37. The normalized spacial score (nSPS) is 15.2. The first-order valence-electron chi connectivity index (χ1n) is 10.4. The summed E-state index contributed by atoms with van der Waals surface area (Å²) in [5.74, 6) is 0.758. The number of phenols is 1. The van der Waals surface area contributed by atoms with Gasteiger partial charge in [0.05, 0.1) is 17.2 Å². The van der Waals surface area contributed by atoms with E-state index >= 15 is 0 Å². The van der Waals surface area contributed by atoms with Crippen LogP contribution in [0.15, 0.2) is 53.4 Å². The first-order chi connectivity index (χ1) is 14.6. The summed E-state index contributed by atoms with van der Waals surface area (Å²) in [6, 6.07) is 14.3. The molecule has 4 nitrogen and oxygen atoms in total. The number of ether oxygens (including phenoxy) is 1. The van der Waals surface area contributed by atoms with Gasteiger partial charge in [-0.05, 0) is 42.3 Å². The van der Waals surface area contributed by atoms with Gasteiger partial charge in [0.2, 0.25) is 0 Å². The van der Waals surface area contributed by atoms with Crippen LogP contribution in [0.5, 0.6) is 11.5 Å². The van der Waals surface area contributed by atoms with Gasteiger partial charge in [0.25, 0.3) is 5.91 Å². The number of unbranched alkanes of at least 4 members (excludes halogenated alkanes) is 5. The van der Waals surface area contributed by atoms with Crippen molar-refractivity contribution in [2.75, 3.05) is 11.5 Å². The first-order valence-corrected chi connectivity index (χ1v) is 11.6. The number of carbonyl (C=O) groups is 1. The SMILES string of the molecule is CCCCCCCCOc1ccc(/C=C2\SC(=S)N(c3cccc(O)c3)C2=O)cc1. The molecular formula is C24H27NO3S2.